The van der Waals surface area contributed by atoms with Crippen molar-refractivity contribution in [3.05, 3.63) is 65.7 Å². The fourth-order valence-electron chi connectivity index (χ4n) is 3.16. The third-order valence-corrected chi connectivity index (χ3v) is 6.30. The van der Waals surface area contributed by atoms with Crippen molar-refractivity contribution in [3.63, 3.8) is 0 Å². The lowest BCUT2D eigenvalue weighted by Crippen LogP contribution is -2.46. The average molecular weight is 372 g/mol. The van der Waals surface area contributed by atoms with Crippen LogP contribution in [0.15, 0.2) is 59.5 Å². The molecule has 1 heterocycles. The molecule has 1 N–H and O–H groups in total. The van der Waals surface area contributed by atoms with Gasteiger partial charge < -0.3 is 4.90 Å². The summed E-state index contributed by atoms with van der Waals surface area (Å²) in [6.45, 7) is 3.14. The van der Waals surface area contributed by atoms with Gasteiger partial charge in [0.2, 0.25) is 10.0 Å². The first-order chi connectivity index (χ1) is 12.5. The van der Waals surface area contributed by atoms with Crippen molar-refractivity contribution >= 4 is 15.9 Å². The average Bonchev–Trinajstić information content (AvgIpc) is 2.68. The SMILES string of the molecule is CCc1ccc(S(=O)(=O)NC2CCN(C(=O)c3ccccc3)CC2)cc1. The number of nitrogens with zero attached hydrogens (tertiary/aromatic N) is 1. The molecule has 6 heteroatoms. The number of benzene rings is 2. The number of aryl methyl sites for hydroxylation is 1. The zero-order valence-corrected chi connectivity index (χ0v) is 15.7. The zero-order valence-electron chi connectivity index (χ0n) is 14.9. The number of piperidine rings is 1. The summed E-state index contributed by atoms with van der Waals surface area (Å²) in [7, 11) is -3.53. The topological polar surface area (TPSA) is 66.5 Å². The van der Waals surface area contributed by atoms with E-state index in [1.54, 1.807) is 29.2 Å². The molecule has 1 saturated heterocycles. The molecule has 0 spiro atoms. The molecule has 3 rings (SSSR count). The molecular formula is C20H24N2O3S. The Bertz CT molecular complexity index is 840. The molecule has 0 saturated carbocycles. The van der Waals surface area contributed by atoms with Gasteiger partial charge >= 0.3 is 0 Å². The highest BCUT2D eigenvalue weighted by Gasteiger charge is 2.27. The van der Waals surface area contributed by atoms with E-state index in [4.69, 9.17) is 0 Å². The van der Waals surface area contributed by atoms with Crippen LogP contribution in [0.4, 0.5) is 0 Å². The predicted octanol–water partition coefficient (Wildman–Crippen LogP) is 2.83. The largest absolute Gasteiger partial charge is 0.339 e. The van der Waals surface area contributed by atoms with Crippen LogP contribution in [0.25, 0.3) is 0 Å². The number of carbonyl (C=O) groups excluding carboxylic acids is 1. The molecule has 26 heavy (non-hydrogen) atoms. The van der Waals surface area contributed by atoms with Gasteiger partial charge in [0, 0.05) is 24.7 Å². The van der Waals surface area contributed by atoms with E-state index in [0.29, 0.717) is 31.5 Å². The maximum atomic E-state index is 12.5. The molecule has 5 nitrogen and oxygen atoms in total. The zero-order chi connectivity index (χ0) is 18.6. The van der Waals surface area contributed by atoms with Crippen LogP contribution in [-0.2, 0) is 16.4 Å². The smallest absolute Gasteiger partial charge is 0.253 e. The van der Waals surface area contributed by atoms with Crippen molar-refractivity contribution in [2.24, 2.45) is 0 Å². The molecule has 0 atom stereocenters. The summed E-state index contributed by atoms with van der Waals surface area (Å²) in [5.41, 5.74) is 1.78. The van der Waals surface area contributed by atoms with Gasteiger partial charge in [-0.15, -0.1) is 0 Å². The number of nitrogens with one attached hydrogen (secondary N) is 1. The van der Waals surface area contributed by atoms with Gasteiger partial charge in [-0.2, -0.15) is 0 Å². The van der Waals surface area contributed by atoms with Crippen LogP contribution in [0, 0.1) is 0 Å². The number of hydrogen-bond acceptors (Lipinski definition) is 3. The van der Waals surface area contributed by atoms with Gasteiger partial charge in [-0.25, -0.2) is 13.1 Å². The standard InChI is InChI=1S/C20H24N2O3S/c1-2-16-8-10-19(11-9-16)26(24,25)21-18-12-14-22(15-13-18)20(23)17-6-4-3-5-7-17/h3-11,18,21H,2,12-15H2,1H3. The Labute approximate surface area is 155 Å². The first-order valence-electron chi connectivity index (χ1n) is 8.95. The summed E-state index contributed by atoms with van der Waals surface area (Å²) in [6.07, 6.45) is 2.11. The van der Waals surface area contributed by atoms with E-state index in [-0.39, 0.29) is 16.8 Å². The van der Waals surface area contributed by atoms with E-state index in [2.05, 4.69) is 4.72 Å². The number of hydrogen-bond donors (Lipinski definition) is 1. The molecule has 0 unspecified atom stereocenters. The third-order valence-electron chi connectivity index (χ3n) is 4.77. The van der Waals surface area contributed by atoms with Crippen molar-refractivity contribution < 1.29 is 13.2 Å². The van der Waals surface area contributed by atoms with E-state index < -0.39 is 10.0 Å². The predicted molar refractivity (Wildman–Crippen MR) is 102 cm³/mol. The maximum Gasteiger partial charge on any atom is 0.253 e. The number of likely N-dealkylation sites (tertiary alicyclic amines) is 1. The van der Waals surface area contributed by atoms with Gasteiger partial charge in [0.15, 0.2) is 0 Å². The van der Waals surface area contributed by atoms with Crippen LogP contribution in [0.3, 0.4) is 0 Å². The second-order valence-electron chi connectivity index (χ2n) is 6.55. The van der Waals surface area contributed by atoms with Crippen molar-refractivity contribution in [1.82, 2.24) is 9.62 Å². The lowest BCUT2D eigenvalue weighted by Gasteiger charge is -2.32. The van der Waals surface area contributed by atoms with Gasteiger partial charge in [0.05, 0.1) is 4.90 Å². The Hall–Kier alpha value is -2.18. The molecule has 0 aliphatic carbocycles. The number of carbonyl (C=O) groups is 1. The minimum Gasteiger partial charge on any atom is -0.339 e. The second-order valence-corrected chi connectivity index (χ2v) is 8.27. The minimum absolute atomic E-state index is 0.00191. The van der Waals surface area contributed by atoms with Crippen LogP contribution in [0.5, 0.6) is 0 Å². The number of amides is 1. The van der Waals surface area contributed by atoms with E-state index in [1.165, 1.54) is 0 Å². The Morgan fingerprint density at radius 3 is 2.23 bits per heavy atom. The molecule has 0 bridgehead atoms. The molecule has 1 aliphatic heterocycles. The minimum atomic E-state index is -3.53. The summed E-state index contributed by atoms with van der Waals surface area (Å²) in [5.74, 6) is 0.00191. The van der Waals surface area contributed by atoms with Gasteiger partial charge in [-0.05, 0) is 49.1 Å². The van der Waals surface area contributed by atoms with Crippen molar-refractivity contribution in [3.8, 4) is 0 Å². The van der Waals surface area contributed by atoms with Gasteiger partial charge in [-0.3, -0.25) is 4.79 Å². The lowest BCUT2D eigenvalue weighted by atomic mass is 10.0. The molecule has 2 aromatic rings. The van der Waals surface area contributed by atoms with Crippen molar-refractivity contribution in [1.29, 1.82) is 0 Å². The van der Waals surface area contributed by atoms with Crippen LogP contribution < -0.4 is 4.72 Å². The van der Waals surface area contributed by atoms with E-state index >= 15 is 0 Å². The molecule has 138 valence electrons. The van der Waals surface area contributed by atoms with Crippen LogP contribution >= 0.6 is 0 Å². The van der Waals surface area contributed by atoms with Crippen molar-refractivity contribution in [2.45, 2.75) is 37.1 Å². The quantitative estimate of drug-likeness (QED) is 0.878. The highest BCUT2D eigenvalue weighted by Crippen LogP contribution is 2.17. The summed E-state index contributed by atoms with van der Waals surface area (Å²) in [5, 5.41) is 0. The third kappa shape index (κ3) is 4.31. The molecule has 1 aliphatic rings. The maximum absolute atomic E-state index is 12.5. The fraction of sp³-hybridized carbons (Fsp3) is 0.350. The summed E-state index contributed by atoms with van der Waals surface area (Å²) >= 11 is 0. The van der Waals surface area contributed by atoms with Crippen molar-refractivity contribution in [2.75, 3.05) is 13.1 Å². The summed E-state index contributed by atoms with van der Waals surface area (Å²) < 4.78 is 27.9. The van der Waals surface area contributed by atoms with Crippen LogP contribution in [-0.4, -0.2) is 38.4 Å². The molecule has 1 amide bonds. The monoisotopic (exact) mass is 372 g/mol. The highest BCUT2D eigenvalue weighted by molar-refractivity contribution is 7.89. The van der Waals surface area contributed by atoms with E-state index in [0.717, 1.165) is 12.0 Å². The van der Waals surface area contributed by atoms with E-state index in [1.807, 2.05) is 37.3 Å². The number of rotatable bonds is 5. The Balaban J connectivity index is 1.58. The summed E-state index contributed by atoms with van der Waals surface area (Å²) in [6, 6.07) is 16.0. The van der Waals surface area contributed by atoms with Gasteiger partial charge in [0.1, 0.15) is 0 Å². The molecule has 1 fully saturated rings. The summed E-state index contributed by atoms with van der Waals surface area (Å²) in [4.78, 5) is 14.5. The number of sulfonamides is 1. The Morgan fingerprint density at radius 1 is 1.04 bits per heavy atom. The molecule has 0 aromatic heterocycles. The molecular weight excluding hydrogens is 348 g/mol. The fourth-order valence-corrected chi connectivity index (χ4v) is 4.46. The van der Waals surface area contributed by atoms with Crippen LogP contribution in [0.2, 0.25) is 0 Å². The normalized spacial score (nSPS) is 15.8. The van der Waals surface area contributed by atoms with Gasteiger partial charge in [0.25, 0.3) is 5.91 Å². The second kappa shape index (κ2) is 8.01. The Morgan fingerprint density at radius 2 is 1.65 bits per heavy atom. The molecule has 2 aromatic carbocycles. The highest BCUT2D eigenvalue weighted by atomic mass is 32.2. The Kier molecular flexibility index (Phi) is 5.74. The van der Waals surface area contributed by atoms with Crippen LogP contribution in [0.1, 0.15) is 35.7 Å². The first-order valence-corrected chi connectivity index (χ1v) is 10.4. The van der Waals surface area contributed by atoms with E-state index in [9.17, 15) is 13.2 Å². The first kappa shape index (κ1) is 18.6. The van der Waals surface area contributed by atoms with Gasteiger partial charge in [-0.1, -0.05) is 37.3 Å². The molecule has 0 radical (unpaired) electrons. The lowest BCUT2D eigenvalue weighted by molar-refractivity contribution is 0.0711.